The molecule has 0 spiro atoms. The fraction of sp³-hybridized carbons (Fsp3) is 0.393. The number of methoxy groups -OCH3 is 1. The second-order valence-corrected chi connectivity index (χ2v) is 10.0. The van der Waals surface area contributed by atoms with Gasteiger partial charge in [0.25, 0.3) is 0 Å². The zero-order chi connectivity index (χ0) is 22.1. The molecular weight excluding hydrogens is 412 g/mol. The summed E-state index contributed by atoms with van der Waals surface area (Å²) in [6, 6.07) is 14.8. The molecule has 1 aromatic heterocycles. The predicted molar refractivity (Wildman–Crippen MR) is 135 cm³/mol. The van der Waals surface area contributed by atoms with Crippen LogP contribution in [0.2, 0.25) is 0 Å². The van der Waals surface area contributed by atoms with Gasteiger partial charge < -0.3 is 10.1 Å². The van der Waals surface area contributed by atoms with Gasteiger partial charge in [0.1, 0.15) is 0 Å². The van der Waals surface area contributed by atoms with Crippen molar-refractivity contribution in [2.24, 2.45) is 4.99 Å². The predicted octanol–water partition coefficient (Wildman–Crippen LogP) is 6.75. The molecule has 1 atom stereocenters. The van der Waals surface area contributed by atoms with Crippen LogP contribution >= 0.6 is 11.3 Å². The average Bonchev–Trinajstić information content (AvgIpc) is 3.41. The Morgan fingerprint density at radius 2 is 1.91 bits per heavy atom. The minimum Gasteiger partial charge on any atom is -0.481 e. The van der Waals surface area contributed by atoms with Crippen molar-refractivity contribution in [1.82, 2.24) is 5.32 Å². The van der Waals surface area contributed by atoms with Crippen LogP contribution in [0.4, 0.5) is 0 Å². The molecule has 1 unspecified atom stereocenters. The molecule has 4 heteroatoms. The maximum Gasteiger partial charge on any atom is 0.216 e. The van der Waals surface area contributed by atoms with Gasteiger partial charge in [0.15, 0.2) is 0 Å². The van der Waals surface area contributed by atoms with Gasteiger partial charge in [-0.25, -0.2) is 4.99 Å². The van der Waals surface area contributed by atoms with Crippen LogP contribution in [0.25, 0.3) is 11.1 Å². The largest absolute Gasteiger partial charge is 0.481 e. The molecule has 32 heavy (non-hydrogen) atoms. The van der Waals surface area contributed by atoms with E-state index in [2.05, 4.69) is 66.3 Å². The fourth-order valence-corrected chi connectivity index (χ4v) is 5.83. The molecule has 166 valence electrons. The Hall–Kier alpha value is -2.43. The van der Waals surface area contributed by atoms with Gasteiger partial charge in [0.2, 0.25) is 5.90 Å². The van der Waals surface area contributed by atoms with E-state index in [0.717, 1.165) is 18.0 Å². The molecule has 0 radical (unpaired) electrons. The zero-order valence-corrected chi connectivity index (χ0v) is 20.1. The van der Waals surface area contributed by atoms with Gasteiger partial charge in [0, 0.05) is 17.6 Å². The number of aryl methyl sites for hydroxylation is 3. The Morgan fingerprint density at radius 3 is 2.56 bits per heavy atom. The van der Waals surface area contributed by atoms with E-state index in [4.69, 9.17) is 9.73 Å². The van der Waals surface area contributed by atoms with Crippen LogP contribution in [-0.2, 0) is 17.7 Å². The molecule has 2 aliphatic rings. The Balaban J connectivity index is 1.33. The van der Waals surface area contributed by atoms with Crippen molar-refractivity contribution in [2.75, 3.05) is 7.11 Å². The lowest BCUT2D eigenvalue weighted by molar-refractivity contribution is 0.304. The number of nitrogens with one attached hydrogen (secondary N) is 1. The molecule has 0 aliphatic heterocycles. The van der Waals surface area contributed by atoms with Gasteiger partial charge >= 0.3 is 0 Å². The van der Waals surface area contributed by atoms with Gasteiger partial charge in [-0.3, -0.25) is 0 Å². The smallest absolute Gasteiger partial charge is 0.216 e. The molecule has 5 rings (SSSR count). The highest BCUT2D eigenvalue weighted by atomic mass is 32.1. The van der Waals surface area contributed by atoms with Crippen molar-refractivity contribution in [3.8, 4) is 11.1 Å². The van der Waals surface area contributed by atoms with Crippen LogP contribution in [0.15, 0.2) is 52.2 Å². The fourth-order valence-electron chi connectivity index (χ4n) is 5.19. The maximum atomic E-state index is 5.71. The summed E-state index contributed by atoms with van der Waals surface area (Å²) < 4.78 is 5.71. The molecule has 3 nitrogen and oxygen atoms in total. The average molecular weight is 445 g/mol. The SMILES string of the molecule is COC(=NCc1ccc2c(c1)CCC2NC1CCC1)c1cc(C)c(-c2ccsc2)c(C)c1. The molecule has 1 fully saturated rings. The van der Waals surface area contributed by atoms with Gasteiger partial charge in [-0.15, -0.1) is 0 Å². The van der Waals surface area contributed by atoms with E-state index in [1.54, 1.807) is 18.4 Å². The summed E-state index contributed by atoms with van der Waals surface area (Å²) in [6.45, 7) is 4.98. The van der Waals surface area contributed by atoms with E-state index in [0.29, 0.717) is 18.5 Å². The van der Waals surface area contributed by atoms with E-state index in [1.807, 2.05) is 0 Å². The number of rotatable bonds is 6. The number of benzene rings is 2. The first-order valence-electron chi connectivity index (χ1n) is 11.7. The lowest BCUT2D eigenvalue weighted by Crippen LogP contribution is -2.37. The normalized spacial score (nSPS) is 18.5. The second kappa shape index (κ2) is 9.21. The van der Waals surface area contributed by atoms with Gasteiger partial charge in [-0.05, 0) is 107 Å². The number of aliphatic imine (C=N–C) groups is 1. The number of nitrogens with zero attached hydrogens (tertiary/aromatic N) is 1. The molecule has 1 saturated carbocycles. The van der Waals surface area contributed by atoms with E-state index in [9.17, 15) is 0 Å². The van der Waals surface area contributed by atoms with Crippen molar-refractivity contribution in [2.45, 2.75) is 64.6 Å². The van der Waals surface area contributed by atoms with Crippen molar-refractivity contribution in [3.63, 3.8) is 0 Å². The highest BCUT2D eigenvalue weighted by Crippen LogP contribution is 2.34. The molecule has 3 aromatic rings. The summed E-state index contributed by atoms with van der Waals surface area (Å²) >= 11 is 1.74. The van der Waals surface area contributed by atoms with Gasteiger partial charge in [-0.2, -0.15) is 11.3 Å². The summed E-state index contributed by atoms with van der Waals surface area (Å²) in [5.74, 6) is 0.707. The Bertz CT molecular complexity index is 1110. The van der Waals surface area contributed by atoms with Crippen molar-refractivity contribution in [3.05, 3.63) is 80.5 Å². The van der Waals surface area contributed by atoms with E-state index < -0.39 is 0 Å². The quantitative estimate of drug-likeness (QED) is 0.337. The van der Waals surface area contributed by atoms with Crippen LogP contribution in [-0.4, -0.2) is 19.0 Å². The molecule has 0 bridgehead atoms. The minimum absolute atomic E-state index is 0.537. The third-order valence-corrected chi connectivity index (χ3v) is 7.70. The van der Waals surface area contributed by atoms with Crippen LogP contribution in [0, 0.1) is 13.8 Å². The topological polar surface area (TPSA) is 33.6 Å². The number of hydrogen-bond donors (Lipinski definition) is 1. The standard InChI is InChI=1S/C28H32N2OS/c1-18-13-23(14-19(2)27(18)22-11-12-32-17-22)28(31-3)29-16-20-7-9-25-21(15-20)8-10-26(25)30-24-5-4-6-24/h7,9,11-15,17,24,26,30H,4-6,8,10,16H2,1-3H3. The summed E-state index contributed by atoms with van der Waals surface area (Å²) in [7, 11) is 1.72. The third kappa shape index (κ3) is 4.26. The molecule has 2 aliphatic carbocycles. The molecule has 2 aromatic carbocycles. The Labute approximate surface area is 195 Å². The number of hydrogen-bond acceptors (Lipinski definition) is 4. The van der Waals surface area contributed by atoms with Crippen molar-refractivity contribution < 1.29 is 4.74 Å². The molecule has 1 N–H and O–H groups in total. The molecule has 0 saturated heterocycles. The van der Waals surface area contributed by atoms with E-state index in [-0.39, 0.29) is 0 Å². The number of fused-ring (bicyclic) bond motifs is 1. The van der Waals surface area contributed by atoms with E-state index in [1.165, 1.54) is 64.6 Å². The second-order valence-electron chi connectivity index (χ2n) is 9.24. The van der Waals surface area contributed by atoms with Crippen LogP contribution < -0.4 is 5.32 Å². The third-order valence-electron chi connectivity index (χ3n) is 7.02. The van der Waals surface area contributed by atoms with E-state index >= 15 is 0 Å². The minimum atomic E-state index is 0.537. The summed E-state index contributed by atoms with van der Waals surface area (Å²) in [5, 5.41) is 8.19. The first-order valence-corrected chi connectivity index (χ1v) is 12.7. The first-order chi connectivity index (χ1) is 15.6. The molecule has 1 heterocycles. The monoisotopic (exact) mass is 444 g/mol. The van der Waals surface area contributed by atoms with Gasteiger partial charge in [0.05, 0.1) is 13.7 Å². The Kier molecular flexibility index (Phi) is 6.16. The zero-order valence-electron chi connectivity index (χ0n) is 19.3. The highest BCUT2D eigenvalue weighted by Gasteiger charge is 2.27. The summed E-state index contributed by atoms with van der Waals surface area (Å²) in [4.78, 5) is 4.85. The molecule has 0 amide bonds. The highest BCUT2D eigenvalue weighted by molar-refractivity contribution is 7.08. The maximum absolute atomic E-state index is 5.71. The molecular formula is C28H32N2OS. The van der Waals surface area contributed by atoms with Crippen LogP contribution in [0.5, 0.6) is 0 Å². The van der Waals surface area contributed by atoms with Gasteiger partial charge in [-0.1, -0.05) is 24.6 Å². The lowest BCUT2D eigenvalue weighted by Gasteiger charge is -2.30. The summed E-state index contributed by atoms with van der Waals surface area (Å²) in [6.07, 6.45) is 6.44. The van der Waals surface area contributed by atoms with Crippen molar-refractivity contribution in [1.29, 1.82) is 0 Å². The lowest BCUT2D eigenvalue weighted by atomic mass is 9.91. The number of ether oxygens (including phenoxy) is 1. The number of thiophene rings is 1. The summed E-state index contributed by atoms with van der Waals surface area (Å²) in [5.41, 5.74) is 10.4. The van der Waals surface area contributed by atoms with Crippen LogP contribution in [0.1, 0.15) is 65.1 Å². The van der Waals surface area contributed by atoms with Crippen LogP contribution in [0.3, 0.4) is 0 Å². The van der Waals surface area contributed by atoms with Crippen molar-refractivity contribution >= 4 is 17.2 Å². The Morgan fingerprint density at radius 1 is 1.09 bits per heavy atom. The first kappa shape index (κ1) is 21.4.